The molecule has 0 aliphatic rings. The molecule has 0 spiro atoms. The topological polar surface area (TPSA) is 93.0 Å². The maximum absolute atomic E-state index is 11.0. The Labute approximate surface area is 83.2 Å². The van der Waals surface area contributed by atoms with Crippen LogP contribution in [0, 0.1) is 0 Å². The summed E-state index contributed by atoms with van der Waals surface area (Å²) < 4.78 is 22.0. The van der Waals surface area contributed by atoms with Crippen LogP contribution in [0.15, 0.2) is 27.2 Å². The molecule has 0 bridgehead atoms. The monoisotopic (exact) mass is 230 g/mol. The van der Waals surface area contributed by atoms with Crippen molar-refractivity contribution in [2.24, 2.45) is 5.14 Å². The number of sulfonamides is 1. The van der Waals surface area contributed by atoms with Crippen molar-refractivity contribution < 1.29 is 8.42 Å². The van der Waals surface area contributed by atoms with Crippen molar-refractivity contribution in [3.63, 3.8) is 0 Å². The van der Waals surface area contributed by atoms with E-state index in [1.165, 1.54) is 12.1 Å². The van der Waals surface area contributed by atoms with Gasteiger partial charge >= 0.3 is 0 Å². The zero-order valence-corrected chi connectivity index (χ0v) is 8.48. The van der Waals surface area contributed by atoms with Crippen molar-refractivity contribution in [2.45, 2.75) is 4.21 Å². The number of aromatic amines is 1. The third kappa shape index (κ3) is 1.57. The van der Waals surface area contributed by atoms with Gasteiger partial charge in [-0.25, -0.2) is 13.6 Å². The summed E-state index contributed by atoms with van der Waals surface area (Å²) in [5, 5.41) is 5.61. The Morgan fingerprint density at radius 2 is 2.07 bits per heavy atom. The molecule has 3 N–H and O–H groups in total. The first-order valence-corrected chi connectivity index (χ1v) is 5.99. The molecule has 0 fully saturated rings. The molecule has 0 radical (unpaired) electrons. The Morgan fingerprint density at radius 3 is 2.71 bits per heavy atom. The number of primary sulfonamides is 1. The third-order valence-corrected chi connectivity index (χ3v) is 4.16. The Balaban J connectivity index is 2.81. The van der Waals surface area contributed by atoms with Gasteiger partial charge in [-0.1, -0.05) is 0 Å². The number of H-pyrrole nitrogens is 1. The number of aromatic nitrogens is 1. The number of rotatable bonds is 1. The van der Waals surface area contributed by atoms with E-state index in [-0.39, 0.29) is 9.77 Å². The minimum absolute atomic E-state index is 0.0503. The largest absolute Gasteiger partial charge is 0.314 e. The van der Waals surface area contributed by atoms with Crippen LogP contribution >= 0.6 is 11.3 Å². The van der Waals surface area contributed by atoms with Crippen LogP contribution in [0.2, 0.25) is 0 Å². The van der Waals surface area contributed by atoms with Gasteiger partial charge in [0.1, 0.15) is 9.04 Å². The number of thiophene rings is 1. The second kappa shape index (κ2) is 2.91. The fraction of sp³-hybridized carbons (Fsp3) is 0. The SMILES string of the molecule is NS(=O)(=O)c1cc2ccc(=O)[nH]c2s1. The highest BCUT2D eigenvalue weighted by molar-refractivity contribution is 7.91. The lowest BCUT2D eigenvalue weighted by molar-refractivity contribution is 0.600. The molecule has 7 heteroatoms. The average molecular weight is 230 g/mol. The Bertz CT molecular complexity index is 638. The minimum Gasteiger partial charge on any atom is -0.314 e. The molecule has 5 nitrogen and oxygen atoms in total. The highest BCUT2D eigenvalue weighted by atomic mass is 32.2. The highest BCUT2D eigenvalue weighted by Gasteiger charge is 2.12. The fourth-order valence-electron chi connectivity index (χ4n) is 1.06. The second-order valence-corrected chi connectivity index (χ2v) is 5.56. The zero-order valence-electron chi connectivity index (χ0n) is 6.85. The molecule has 0 amide bonds. The van der Waals surface area contributed by atoms with Crippen molar-refractivity contribution in [1.29, 1.82) is 0 Å². The van der Waals surface area contributed by atoms with Crippen molar-refractivity contribution in [3.8, 4) is 0 Å². The molecule has 0 aliphatic heterocycles. The van der Waals surface area contributed by atoms with Crippen LogP contribution in [0.4, 0.5) is 0 Å². The summed E-state index contributed by atoms with van der Waals surface area (Å²) in [6.45, 7) is 0. The molecule has 0 saturated carbocycles. The molecular formula is C7H6N2O3S2. The van der Waals surface area contributed by atoms with Crippen molar-refractivity contribution in [3.05, 3.63) is 28.6 Å². The van der Waals surface area contributed by atoms with Gasteiger partial charge in [-0.3, -0.25) is 4.79 Å². The van der Waals surface area contributed by atoms with Crippen LogP contribution < -0.4 is 10.7 Å². The van der Waals surface area contributed by atoms with Crippen LogP contribution in [0.3, 0.4) is 0 Å². The first kappa shape index (κ1) is 9.38. The standard InChI is InChI=1S/C7H6N2O3S2/c8-14(11,12)6-3-4-1-2-5(10)9-7(4)13-6/h1-3H,(H,9,10)(H2,8,11,12). The van der Waals surface area contributed by atoms with Gasteiger partial charge in [0.15, 0.2) is 0 Å². The smallest absolute Gasteiger partial charge is 0.249 e. The van der Waals surface area contributed by atoms with Crippen molar-refractivity contribution in [2.75, 3.05) is 0 Å². The van der Waals surface area contributed by atoms with E-state index in [2.05, 4.69) is 4.98 Å². The molecule has 0 atom stereocenters. The van der Waals surface area contributed by atoms with Gasteiger partial charge in [0.05, 0.1) is 0 Å². The fourth-order valence-corrected chi connectivity index (χ4v) is 2.85. The van der Waals surface area contributed by atoms with Gasteiger partial charge in [0.2, 0.25) is 15.6 Å². The predicted octanol–water partition coefficient (Wildman–Crippen LogP) is 0.237. The maximum atomic E-state index is 11.0. The molecule has 2 aromatic heterocycles. The maximum Gasteiger partial charge on any atom is 0.249 e. The lowest BCUT2D eigenvalue weighted by Crippen LogP contribution is -2.09. The summed E-state index contributed by atoms with van der Waals surface area (Å²) >= 11 is 0.950. The highest BCUT2D eigenvalue weighted by Crippen LogP contribution is 2.25. The second-order valence-electron chi connectivity index (χ2n) is 2.72. The van der Waals surface area contributed by atoms with Crippen LogP contribution in [-0.2, 0) is 10.0 Å². The van der Waals surface area contributed by atoms with Crippen LogP contribution in [-0.4, -0.2) is 13.4 Å². The Morgan fingerprint density at radius 1 is 1.36 bits per heavy atom. The Hall–Kier alpha value is -1.18. The van der Waals surface area contributed by atoms with Gasteiger partial charge in [-0.15, -0.1) is 11.3 Å². The molecule has 14 heavy (non-hydrogen) atoms. The van der Waals surface area contributed by atoms with E-state index in [4.69, 9.17) is 5.14 Å². The zero-order chi connectivity index (χ0) is 10.3. The van der Waals surface area contributed by atoms with Crippen molar-refractivity contribution in [1.82, 2.24) is 4.98 Å². The summed E-state index contributed by atoms with van der Waals surface area (Å²) in [5.74, 6) is 0. The first-order valence-electron chi connectivity index (χ1n) is 3.62. The van der Waals surface area contributed by atoms with Gasteiger partial charge in [-0.05, 0) is 12.1 Å². The van der Waals surface area contributed by atoms with Gasteiger partial charge in [-0.2, -0.15) is 0 Å². The molecule has 2 aromatic rings. The number of nitrogens with two attached hydrogens (primary N) is 1. The Kier molecular flexibility index (Phi) is 1.95. The van der Waals surface area contributed by atoms with Gasteiger partial charge in [0.25, 0.3) is 0 Å². The van der Waals surface area contributed by atoms with Crippen LogP contribution in [0.5, 0.6) is 0 Å². The summed E-state index contributed by atoms with van der Waals surface area (Å²) in [7, 11) is -3.68. The molecule has 74 valence electrons. The number of hydrogen-bond acceptors (Lipinski definition) is 4. The van der Waals surface area contributed by atoms with E-state index < -0.39 is 10.0 Å². The van der Waals surface area contributed by atoms with Gasteiger partial charge in [0, 0.05) is 11.5 Å². The van der Waals surface area contributed by atoms with E-state index in [1.807, 2.05) is 0 Å². The minimum atomic E-state index is -3.68. The normalized spacial score (nSPS) is 12.1. The molecular weight excluding hydrogens is 224 g/mol. The number of hydrogen-bond donors (Lipinski definition) is 2. The van der Waals surface area contributed by atoms with E-state index in [0.717, 1.165) is 11.3 Å². The molecule has 0 saturated heterocycles. The molecule has 0 unspecified atom stereocenters. The summed E-state index contributed by atoms with van der Waals surface area (Å²) in [5.41, 5.74) is -0.264. The number of nitrogens with one attached hydrogen (secondary N) is 1. The number of fused-ring (bicyclic) bond motifs is 1. The van der Waals surface area contributed by atoms with E-state index >= 15 is 0 Å². The van der Waals surface area contributed by atoms with Crippen molar-refractivity contribution >= 4 is 31.6 Å². The summed E-state index contributed by atoms with van der Waals surface area (Å²) in [4.78, 5) is 14.0. The quantitative estimate of drug-likeness (QED) is 0.734. The van der Waals surface area contributed by atoms with Crippen LogP contribution in [0.1, 0.15) is 0 Å². The molecule has 2 heterocycles. The third-order valence-electron chi connectivity index (χ3n) is 1.67. The summed E-state index contributed by atoms with van der Waals surface area (Å²) in [6.07, 6.45) is 0. The summed E-state index contributed by atoms with van der Waals surface area (Å²) in [6, 6.07) is 4.33. The first-order chi connectivity index (χ1) is 6.47. The number of pyridine rings is 1. The van der Waals surface area contributed by atoms with E-state index in [1.54, 1.807) is 6.07 Å². The predicted molar refractivity (Wildman–Crippen MR) is 53.8 cm³/mol. The molecule has 0 aliphatic carbocycles. The average Bonchev–Trinajstić information content (AvgIpc) is 2.45. The van der Waals surface area contributed by atoms with E-state index in [9.17, 15) is 13.2 Å². The molecule has 2 rings (SSSR count). The lowest BCUT2D eigenvalue weighted by atomic mass is 10.3. The van der Waals surface area contributed by atoms with Gasteiger partial charge < -0.3 is 4.98 Å². The van der Waals surface area contributed by atoms with Crippen LogP contribution in [0.25, 0.3) is 10.2 Å². The molecule has 0 aromatic carbocycles. The lowest BCUT2D eigenvalue weighted by Gasteiger charge is -1.86. The van der Waals surface area contributed by atoms with E-state index in [0.29, 0.717) is 10.2 Å².